The highest BCUT2D eigenvalue weighted by Gasteiger charge is 2.30. The lowest BCUT2D eigenvalue weighted by Crippen LogP contribution is -2.30. The van der Waals surface area contributed by atoms with E-state index in [4.69, 9.17) is 9.47 Å². The largest absolute Gasteiger partial charge is 0.359 e. The van der Waals surface area contributed by atoms with Crippen molar-refractivity contribution < 1.29 is 18.7 Å². The van der Waals surface area contributed by atoms with E-state index in [2.05, 4.69) is 21.0 Å². The number of hydrazone groups is 1. The maximum absolute atomic E-state index is 15.0. The van der Waals surface area contributed by atoms with Crippen molar-refractivity contribution in [1.82, 2.24) is 5.01 Å². The van der Waals surface area contributed by atoms with E-state index in [0.717, 1.165) is 27.4 Å². The molecule has 2 aromatic rings. The molecule has 1 aliphatic heterocycles. The quantitative estimate of drug-likeness (QED) is 0.317. The maximum Gasteiger partial charge on any atom is 0.148 e. The Labute approximate surface area is 185 Å². The number of nitrogens with zero attached hydrogens (tertiary/aromatic N) is 2. The summed E-state index contributed by atoms with van der Waals surface area (Å²) in [5, 5.41) is 6.07. The van der Waals surface area contributed by atoms with Crippen molar-refractivity contribution in [2.45, 2.75) is 45.4 Å². The third-order valence-electron chi connectivity index (χ3n) is 5.03. The molecule has 160 valence electrons. The number of hydrogen-bond donors (Lipinski definition) is 0. The zero-order valence-electron chi connectivity index (χ0n) is 17.6. The van der Waals surface area contributed by atoms with Gasteiger partial charge in [0.25, 0.3) is 0 Å². The standard InChI is InChI=1S/C23H26BrFN2O3/c1-23(2,3)18-8-16-10-26-27(21(12-28)22(16)20(25)9-18)11-15-5-6-19(24)17(7-15)13-30-14-29-4/h5-10,12,21H,11,13-14H2,1-4H3. The molecular formula is C23H26BrFN2O3. The minimum atomic E-state index is -0.782. The van der Waals surface area contributed by atoms with E-state index < -0.39 is 6.04 Å². The van der Waals surface area contributed by atoms with E-state index in [0.29, 0.717) is 24.3 Å². The highest BCUT2D eigenvalue weighted by molar-refractivity contribution is 9.10. The molecule has 2 aromatic carbocycles. The Kier molecular flexibility index (Phi) is 7.06. The van der Waals surface area contributed by atoms with Crippen LogP contribution >= 0.6 is 15.9 Å². The smallest absolute Gasteiger partial charge is 0.148 e. The Morgan fingerprint density at radius 3 is 2.70 bits per heavy atom. The van der Waals surface area contributed by atoms with Crippen LogP contribution in [0.25, 0.3) is 0 Å². The van der Waals surface area contributed by atoms with Gasteiger partial charge in [0, 0.05) is 22.7 Å². The first-order chi connectivity index (χ1) is 14.2. The molecule has 1 atom stereocenters. The monoisotopic (exact) mass is 476 g/mol. The van der Waals surface area contributed by atoms with Gasteiger partial charge in [-0.1, -0.05) is 48.8 Å². The lowest BCUT2D eigenvalue weighted by atomic mass is 9.84. The van der Waals surface area contributed by atoms with E-state index in [1.807, 2.05) is 45.0 Å². The van der Waals surface area contributed by atoms with Gasteiger partial charge < -0.3 is 14.3 Å². The lowest BCUT2D eigenvalue weighted by Gasteiger charge is -2.31. The number of hydrogen-bond acceptors (Lipinski definition) is 5. The van der Waals surface area contributed by atoms with Crippen molar-refractivity contribution in [1.29, 1.82) is 0 Å². The fourth-order valence-electron chi connectivity index (χ4n) is 3.38. The molecule has 0 bridgehead atoms. The highest BCUT2D eigenvalue weighted by Crippen LogP contribution is 2.34. The molecule has 0 amide bonds. The van der Waals surface area contributed by atoms with Gasteiger partial charge in [-0.3, -0.25) is 5.01 Å². The molecule has 0 N–H and O–H groups in total. The molecule has 0 saturated heterocycles. The molecule has 7 heteroatoms. The molecule has 0 spiro atoms. The highest BCUT2D eigenvalue weighted by atomic mass is 79.9. The van der Waals surface area contributed by atoms with E-state index in [9.17, 15) is 4.79 Å². The minimum Gasteiger partial charge on any atom is -0.359 e. The summed E-state index contributed by atoms with van der Waals surface area (Å²) in [5.74, 6) is -0.380. The van der Waals surface area contributed by atoms with Crippen LogP contribution in [0, 0.1) is 5.82 Å². The third-order valence-corrected chi connectivity index (χ3v) is 5.81. The van der Waals surface area contributed by atoms with Gasteiger partial charge in [0.15, 0.2) is 0 Å². The molecule has 0 aromatic heterocycles. The number of fused-ring (bicyclic) bond motifs is 1. The van der Waals surface area contributed by atoms with E-state index >= 15 is 4.39 Å². The average Bonchev–Trinajstić information content (AvgIpc) is 2.69. The summed E-state index contributed by atoms with van der Waals surface area (Å²) < 4.78 is 26.3. The molecule has 0 radical (unpaired) electrons. The zero-order valence-corrected chi connectivity index (χ0v) is 19.2. The molecule has 0 aliphatic carbocycles. The van der Waals surface area contributed by atoms with Gasteiger partial charge in [0.2, 0.25) is 0 Å². The number of aldehydes is 1. The summed E-state index contributed by atoms with van der Waals surface area (Å²) in [6.45, 7) is 7.03. The first kappa shape index (κ1) is 22.6. The van der Waals surface area contributed by atoms with Crippen LogP contribution in [0.1, 0.15) is 54.6 Å². The second-order valence-electron chi connectivity index (χ2n) is 8.31. The third kappa shape index (κ3) is 4.96. The summed E-state index contributed by atoms with van der Waals surface area (Å²) in [5.41, 5.74) is 3.59. The molecule has 1 aliphatic rings. The van der Waals surface area contributed by atoms with Crippen LogP contribution < -0.4 is 0 Å². The van der Waals surface area contributed by atoms with Gasteiger partial charge in [-0.25, -0.2) is 4.39 Å². The van der Waals surface area contributed by atoms with Crippen LogP contribution in [-0.4, -0.2) is 31.4 Å². The van der Waals surface area contributed by atoms with E-state index in [-0.39, 0.29) is 18.0 Å². The van der Waals surface area contributed by atoms with Crippen molar-refractivity contribution >= 4 is 28.4 Å². The summed E-state index contributed by atoms with van der Waals surface area (Å²) in [7, 11) is 1.57. The molecule has 0 fully saturated rings. The molecule has 30 heavy (non-hydrogen) atoms. The van der Waals surface area contributed by atoms with Crippen molar-refractivity contribution in [2.75, 3.05) is 13.9 Å². The van der Waals surface area contributed by atoms with Gasteiger partial charge in [-0.2, -0.15) is 5.10 Å². The van der Waals surface area contributed by atoms with Gasteiger partial charge in [-0.15, -0.1) is 0 Å². The summed E-state index contributed by atoms with van der Waals surface area (Å²) in [4.78, 5) is 11.9. The summed E-state index contributed by atoms with van der Waals surface area (Å²) in [6, 6.07) is 8.50. The zero-order chi connectivity index (χ0) is 21.9. The Morgan fingerprint density at radius 1 is 1.27 bits per heavy atom. The summed E-state index contributed by atoms with van der Waals surface area (Å²) >= 11 is 3.52. The lowest BCUT2D eigenvalue weighted by molar-refractivity contribution is -0.113. The Hall–Kier alpha value is -2.09. The second kappa shape index (κ2) is 9.37. The van der Waals surface area contributed by atoms with Gasteiger partial charge in [0.1, 0.15) is 24.9 Å². The average molecular weight is 477 g/mol. The second-order valence-corrected chi connectivity index (χ2v) is 9.17. The van der Waals surface area contributed by atoms with Gasteiger partial charge in [0.05, 0.1) is 19.4 Å². The predicted molar refractivity (Wildman–Crippen MR) is 118 cm³/mol. The SMILES string of the molecule is COCOCc1cc(CN2N=Cc3cc(C(C)(C)C)cc(F)c3C2C=O)ccc1Br. The fourth-order valence-corrected chi connectivity index (χ4v) is 3.75. The van der Waals surface area contributed by atoms with E-state index in [1.165, 1.54) is 6.07 Å². The van der Waals surface area contributed by atoms with Crippen molar-refractivity contribution in [3.05, 3.63) is 68.4 Å². The molecule has 3 rings (SSSR count). The number of methoxy groups -OCH3 is 1. The van der Waals surface area contributed by atoms with Crippen LogP contribution in [-0.2, 0) is 32.8 Å². The first-order valence-corrected chi connectivity index (χ1v) is 10.5. The van der Waals surface area contributed by atoms with E-state index in [1.54, 1.807) is 18.3 Å². The molecular weight excluding hydrogens is 451 g/mol. The molecule has 1 unspecified atom stereocenters. The maximum atomic E-state index is 15.0. The topological polar surface area (TPSA) is 51.1 Å². The van der Waals surface area contributed by atoms with Gasteiger partial charge in [-0.05, 0) is 40.3 Å². The number of benzene rings is 2. The van der Waals surface area contributed by atoms with Crippen LogP contribution in [0.2, 0.25) is 0 Å². The number of rotatable bonds is 7. The molecule has 5 nitrogen and oxygen atoms in total. The fraction of sp³-hybridized carbons (Fsp3) is 0.391. The number of carbonyl (C=O) groups is 1. The normalized spacial score (nSPS) is 15.9. The van der Waals surface area contributed by atoms with Crippen LogP contribution in [0.4, 0.5) is 4.39 Å². The molecule has 1 heterocycles. The summed E-state index contributed by atoms with van der Waals surface area (Å²) in [6.07, 6.45) is 2.38. The number of halogens is 2. The molecule has 0 saturated carbocycles. The van der Waals surface area contributed by atoms with Crippen LogP contribution in [0.5, 0.6) is 0 Å². The van der Waals surface area contributed by atoms with Crippen molar-refractivity contribution in [3.63, 3.8) is 0 Å². The minimum absolute atomic E-state index is 0.198. The Balaban J connectivity index is 1.87. The Morgan fingerprint density at radius 2 is 2.03 bits per heavy atom. The first-order valence-electron chi connectivity index (χ1n) is 9.68. The van der Waals surface area contributed by atoms with Crippen LogP contribution in [0.15, 0.2) is 39.9 Å². The van der Waals surface area contributed by atoms with Crippen molar-refractivity contribution in [2.24, 2.45) is 5.10 Å². The number of ether oxygens (including phenoxy) is 2. The van der Waals surface area contributed by atoms with Gasteiger partial charge >= 0.3 is 0 Å². The Bertz CT molecular complexity index is 956. The predicted octanol–water partition coefficient (Wildman–Crippen LogP) is 5.10. The van der Waals surface area contributed by atoms with Crippen molar-refractivity contribution in [3.8, 4) is 0 Å². The number of carbonyl (C=O) groups excluding carboxylic acids is 1. The van der Waals surface area contributed by atoms with Crippen LogP contribution in [0.3, 0.4) is 0 Å².